The molecular formula is C18H30O4. The van der Waals surface area contributed by atoms with E-state index in [0.717, 1.165) is 38.0 Å². The van der Waals surface area contributed by atoms with Gasteiger partial charge in [-0.2, -0.15) is 0 Å². The summed E-state index contributed by atoms with van der Waals surface area (Å²) >= 11 is 0. The number of ether oxygens (including phenoxy) is 1. The molecule has 4 nitrogen and oxygen atoms in total. The molecule has 22 heavy (non-hydrogen) atoms. The molecule has 0 aromatic heterocycles. The van der Waals surface area contributed by atoms with Crippen molar-refractivity contribution in [3.8, 4) is 11.5 Å². The van der Waals surface area contributed by atoms with Gasteiger partial charge in [0.2, 0.25) is 0 Å². The third kappa shape index (κ3) is 13.3. The molecule has 0 amide bonds. The molecular weight excluding hydrogens is 280 g/mol. The van der Waals surface area contributed by atoms with Crippen molar-refractivity contribution < 1.29 is 19.7 Å². The Hall–Kier alpha value is -1.71. The lowest BCUT2D eigenvalue weighted by atomic mass is 10.2. The van der Waals surface area contributed by atoms with Gasteiger partial charge in [-0.15, -0.1) is 0 Å². The molecule has 0 bridgehead atoms. The first-order valence-corrected chi connectivity index (χ1v) is 8.23. The molecule has 4 heteroatoms. The van der Waals surface area contributed by atoms with Crippen LogP contribution in [0.3, 0.4) is 0 Å². The van der Waals surface area contributed by atoms with Crippen molar-refractivity contribution in [1.29, 1.82) is 0 Å². The van der Waals surface area contributed by atoms with Crippen LogP contribution in [0.1, 0.15) is 65.2 Å². The van der Waals surface area contributed by atoms with Gasteiger partial charge in [-0.3, -0.25) is 4.79 Å². The van der Waals surface area contributed by atoms with E-state index >= 15 is 0 Å². The van der Waals surface area contributed by atoms with Crippen LogP contribution < -0.4 is 4.74 Å². The normalized spacial score (nSPS) is 9.73. The molecule has 1 aromatic carbocycles. The van der Waals surface area contributed by atoms with Crippen LogP contribution in [0.15, 0.2) is 24.3 Å². The molecule has 0 saturated carbocycles. The molecule has 0 aliphatic rings. The second-order valence-electron chi connectivity index (χ2n) is 5.26. The van der Waals surface area contributed by atoms with Crippen LogP contribution in [0.4, 0.5) is 0 Å². The minimum Gasteiger partial charge on any atom is -0.508 e. The van der Waals surface area contributed by atoms with Gasteiger partial charge in [0.25, 0.3) is 0 Å². The van der Waals surface area contributed by atoms with Gasteiger partial charge < -0.3 is 14.9 Å². The quantitative estimate of drug-likeness (QED) is 0.597. The maximum atomic E-state index is 9.87. The molecule has 0 radical (unpaired) electrons. The Bertz CT molecular complexity index is 390. The second-order valence-corrected chi connectivity index (χ2v) is 5.26. The van der Waals surface area contributed by atoms with E-state index in [1.807, 2.05) is 6.07 Å². The van der Waals surface area contributed by atoms with Crippen molar-refractivity contribution in [3.63, 3.8) is 0 Å². The van der Waals surface area contributed by atoms with Crippen LogP contribution in [-0.2, 0) is 4.79 Å². The monoisotopic (exact) mass is 310 g/mol. The number of benzene rings is 1. The van der Waals surface area contributed by atoms with Gasteiger partial charge in [0, 0.05) is 12.5 Å². The average Bonchev–Trinajstić information content (AvgIpc) is 2.48. The number of rotatable bonds is 10. The molecule has 1 rings (SSSR count). The minimum atomic E-state index is -0.682. The molecule has 0 unspecified atom stereocenters. The summed E-state index contributed by atoms with van der Waals surface area (Å²) in [5.41, 5.74) is 0. The van der Waals surface area contributed by atoms with Crippen LogP contribution in [0.2, 0.25) is 0 Å². The van der Waals surface area contributed by atoms with Crippen LogP contribution in [0.25, 0.3) is 0 Å². The average molecular weight is 310 g/mol. The van der Waals surface area contributed by atoms with Gasteiger partial charge in [-0.05, 0) is 25.0 Å². The number of hydrogen-bond donors (Lipinski definition) is 2. The number of carboxylic acid groups (broad SMARTS) is 1. The lowest BCUT2D eigenvalue weighted by molar-refractivity contribution is -0.137. The van der Waals surface area contributed by atoms with E-state index < -0.39 is 5.97 Å². The van der Waals surface area contributed by atoms with E-state index in [1.165, 1.54) is 19.3 Å². The van der Waals surface area contributed by atoms with E-state index in [9.17, 15) is 9.90 Å². The lowest BCUT2D eigenvalue weighted by Crippen LogP contribution is -1.96. The zero-order valence-electron chi connectivity index (χ0n) is 13.9. The number of aromatic hydroxyl groups is 1. The number of phenolic OH excluding ortho intramolecular Hbond substituents is 1. The summed E-state index contributed by atoms with van der Waals surface area (Å²) in [6.07, 6.45) is 8.09. The predicted molar refractivity (Wildman–Crippen MR) is 89.5 cm³/mol. The molecule has 0 aliphatic heterocycles. The van der Waals surface area contributed by atoms with E-state index in [4.69, 9.17) is 9.84 Å². The zero-order valence-corrected chi connectivity index (χ0v) is 13.9. The Kier molecular flexibility index (Phi) is 13.1. The maximum absolute atomic E-state index is 9.87. The number of phenols is 1. The number of hydrogen-bond acceptors (Lipinski definition) is 3. The van der Waals surface area contributed by atoms with Gasteiger partial charge in [0.05, 0.1) is 6.61 Å². The van der Waals surface area contributed by atoms with Crippen molar-refractivity contribution in [1.82, 2.24) is 0 Å². The van der Waals surface area contributed by atoms with Gasteiger partial charge in [0.15, 0.2) is 0 Å². The van der Waals surface area contributed by atoms with Crippen LogP contribution >= 0.6 is 0 Å². The number of unbranched alkanes of at least 4 members (excludes halogenated alkanes) is 5. The highest BCUT2D eigenvalue weighted by Gasteiger charge is 1.94. The summed E-state index contributed by atoms with van der Waals surface area (Å²) in [5.74, 6) is 0.330. The topological polar surface area (TPSA) is 66.8 Å². The summed E-state index contributed by atoms with van der Waals surface area (Å²) < 4.78 is 5.47. The van der Waals surface area contributed by atoms with E-state index in [0.29, 0.717) is 6.42 Å². The molecule has 0 atom stereocenters. The summed E-state index contributed by atoms with van der Waals surface area (Å²) in [6, 6.07) is 6.93. The zero-order chi connectivity index (χ0) is 16.6. The van der Waals surface area contributed by atoms with E-state index in [-0.39, 0.29) is 5.75 Å². The predicted octanol–water partition coefficient (Wildman–Crippen LogP) is 5.00. The van der Waals surface area contributed by atoms with Crippen molar-refractivity contribution in [3.05, 3.63) is 24.3 Å². The number of carbonyl (C=O) groups is 1. The van der Waals surface area contributed by atoms with Crippen molar-refractivity contribution in [2.75, 3.05) is 6.61 Å². The molecule has 0 heterocycles. The largest absolute Gasteiger partial charge is 0.508 e. The highest BCUT2D eigenvalue weighted by atomic mass is 16.5. The Morgan fingerprint density at radius 3 is 2.32 bits per heavy atom. The fourth-order valence-corrected chi connectivity index (χ4v) is 1.82. The number of aliphatic carboxylic acids is 1. The van der Waals surface area contributed by atoms with Crippen molar-refractivity contribution in [2.24, 2.45) is 0 Å². The van der Waals surface area contributed by atoms with Crippen LogP contribution in [0, 0.1) is 0 Å². The molecule has 126 valence electrons. The Balaban J connectivity index is 0.000000472. The third-order valence-electron chi connectivity index (χ3n) is 3.08. The van der Waals surface area contributed by atoms with E-state index in [1.54, 1.807) is 18.2 Å². The van der Waals surface area contributed by atoms with Crippen LogP contribution in [-0.4, -0.2) is 22.8 Å². The summed E-state index contributed by atoms with van der Waals surface area (Å²) in [4.78, 5) is 9.87. The molecule has 0 saturated heterocycles. The highest BCUT2D eigenvalue weighted by Crippen LogP contribution is 2.17. The van der Waals surface area contributed by atoms with Gasteiger partial charge in [-0.1, -0.05) is 52.0 Å². The molecule has 2 N–H and O–H groups in total. The lowest BCUT2D eigenvalue weighted by Gasteiger charge is -2.05. The Morgan fingerprint density at radius 1 is 1.05 bits per heavy atom. The summed E-state index contributed by atoms with van der Waals surface area (Å²) in [5, 5.41) is 17.3. The van der Waals surface area contributed by atoms with E-state index in [2.05, 4.69) is 13.8 Å². The third-order valence-corrected chi connectivity index (χ3v) is 3.08. The van der Waals surface area contributed by atoms with Crippen LogP contribution in [0.5, 0.6) is 11.5 Å². The Morgan fingerprint density at radius 2 is 1.73 bits per heavy atom. The smallest absolute Gasteiger partial charge is 0.303 e. The molecule has 0 fully saturated rings. The van der Waals surface area contributed by atoms with Crippen molar-refractivity contribution >= 4 is 5.97 Å². The van der Waals surface area contributed by atoms with Gasteiger partial charge in [0.1, 0.15) is 11.5 Å². The SMILES string of the molecule is CCCCCC(=O)O.CCCCCCOc1cccc(O)c1. The highest BCUT2D eigenvalue weighted by molar-refractivity contribution is 5.66. The second kappa shape index (κ2) is 14.2. The fraction of sp³-hybridized carbons (Fsp3) is 0.611. The fourth-order valence-electron chi connectivity index (χ4n) is 1.82. The number of carboxylic acids is 1. The first-order chi connectivity index (χ1) is 10.6. The summed E-state index contributed by atoms with van der Waals surface area (Å²) in [6.45, 7) is 4.99. The molecule has 1 aromatic rings. The van der Waals surface area contributed by atoms with Gasteiger partial charge >= 0.3 is 5.97 Å². The molecule has 0 spiro atoms. The van der Waals surface area contributed by atoms with Gasteiger partial charge in [-0.25, -0.2) is 0 Å². The Labute approximate surface area is 134 Å². The van der Waals surface area contributed by atoms with Crippen molar-refractivity contribution in [2.45, 2.75) is 65.2 Å². The standard InChI is InChI=1S/C12H18O2.C6H12O2/c1-2-3-4-5-9-14-12-8-6-7-11(13)10-12;1-2-3-4-5-6(7)8/h6-8,10,13H,2-5,9H2,1H3;2-5H2,1H3,(H,7,8). The first kappa shape index (κ1) is 20.3. The maximum Gasteiger partial charge on any atom is 0.303 e. The summed E-state index contributed by atoms with van der Waals surface area (Å²) in [7, 11) is 0. The molecule has 0 aliphatic carbocycles. The first-order valence-electron chi connectivity index (χ1n) is 8.23. The minimum absolute atomic E-state index is 0.260.